The second-order valence-electron chi connectivity index (χ2n) is 26.6. The Kier molecular flexibility index (Phi) is 61.8. The molecule has 0 aromatic carbocycles. The molecule has 5 atom stereocenters. The molecule has 0 aliphatic heterocycles. The van der Waals surface area contributed by atoms with Crippen LogP contribution in [0.25, 0.3) is 0 Å². The smallest absolute Gasteiger partial charge is 0.462 e. The van der Waals surface area contributed by atoms with Gasteiger partial charge in [-0.15, -0.1) is 0 Å². The summed E-state index contributed by atoms with van der Waals surface area (Å²) in [7, 11) is -9.90. The van der Waals surface area contributed by atoms with Gasteiger partial charge >= 0.3 is 39.5 Å². The summed E-state index contributed by atoms with van der Waals surface area (Å²) in [5.41, 5.74) is 0. The van der Waals surface area contributed by atoms with Gasteiger partial charge in [0, 0.05) is 25.7 Å². The third kappa shape index (κ3) is 64.8. The van der Waals surface area contributed by atoms with Crippen LogP contribution in [-0.4, -0.2) is 96.7 Å². The highest BCUT2D eigenvalue weighted by atomic mass is 31.2. The third-order valence-corrected chi connectivity index (χ3v) is 18.4. The first-order valence-electron chi connectivity index (χ1n) is 37.0. The molecule has 0 saturated heterocycles. The summed E-state index contributed by atoms with van der Waals surface area (Å²) in [5.74, 6) is -0.584. The van der Waals surface area contributed by atoms with E-state index in [4.69, 9.17) is 37.0 Å². The van der Waals surface area contributed by atoms with Crippen LogP contribution < -0.4 is 0 Å². The molecule has 0 aliphatic rings. The zero-order valence-corrected chi connectivity index (χ0v) is 60.2. The molecule has 534 valence electrons. The van der Waals surface area contributed by atoms with Gasteiger partial charge in [0.15, 0.2) is 12.2 Å². The minimum atomic E-state index is -4.95. The molecule has 0 aromatic heterocycles. The van der Waals surface area contributed by atoms with E-state index in [1.807, 2.05) is 0 Å². The Hall–Kier alpha value is -1.94. The van der Waals surface area contributed by atoms with Crippen molar-refractivity contribution in [3.63, 3.8) is 0 Å². The zero-order chi connectivity index (χ0) is 66.5. The number of phosphoric ester groups is 2. The standard InChI is InChI=1S/C71H138O17P2/c1-7-9-11-13-15-17-18-24-30-37-43-49-55-70(75)87-66(59-81-68(73)53-47-41-35-27-16-14-12-10-8-2)61-85-89(77,78)83-57-65(72)58-84-90(79,80)86-62-67(60-82-69(74)54-48-42-36-32-26-29-34-40-46-52-64(5)6)88-71(76)56-50-44-38-31-25-22-20-19-21-23-28-33-39-45-51-63(3)4/h63-67,72H,7-62H2,1-6H3,(H,77,78)(H,79,80)/t65-,66+,67+/m0/s1. The molecule has 0 amide bonds. The minimum Gasteiger partial charge on any atom is -0.462 e. The molecule has 19 heteroatoms. The van der Waals surface area contributed by atoms with E-state index in [1.165, 1.54) is 180 Å². The van der Waals surface area contributed by atoms with E-state index in [0.717, 1.165) is 102 Å². The molecule has 0 saturated carbocycles. The van der Waals surface area contributed by atoms with Crippen molar-refractivity contribution in [2.75, 3.05) is 39.6 Å². The van der Waals surface area contributed by atoms with Crippen LogP contribution in [0.5, 0.6) is 0 Å². The SMILES string of the molecule is CCCCCCCCCCCCCCC(=O)O[C@H](COC(=O)CCCCCCCCCCC)COP(=O)(O)OC[C@H](O)COP(=O)(O)OC[C@@H](COC(=O)CCCCCCCCCCCC(C)C)OC(=O)CCCCCCCCCCCCCCCCC(C)C. The third-order valence-electron chi connectivity index (χ3n) is 16.5. The van der Waals surface area contributed by atoms with Crippen molar-refractivity contribution < 1.29 is 80.2 Å². The van der Waals surface area contributed by atoms with Crippen LogP contribution >= 0.6 is 15.6 Å². The normalized spacial score (nSPS) is 14.1. The van der Waals surface area contributed by atoms with Gasteiger partial charge in [-0.1, -0.05) is 311 Å². The molecule has 0 spiro atoms. The average molecular weight is 1330 g/mol. The predicted molar refractivity (Wildman–Crippen MR) is 363 cm³/mol. The molecule has 90 heavy (non-hydrogen) atoms. The van der Waals surface area contributed by atoms with Crippen molar-refractivity contribution in [2.24, 2.45) is 11.8 Å². The quantitative estimate of drug-likeness (QED) is 0.0222. The second-order valence-corrected chi connectivity index (χ2v) is 29.5. The van der Waals surface area contributed by atoms with Crippen LogP contribution in [0, 0.1) is 11.8 Å². The lowest BCUT2D eigenvalue weighted by Crippen LogP contribution is -2.30. The van der Waals surface area contributed by atoms with Crippen molar-refractivity contribution in [1.29, 1.82) is 0 Å². The first-order chi connectivity index (χ1) is 43.4. The molecule has 0 radical (unpaired) electrons. The number of hydrogen-bond acceptors (Lipinski definition) is 15. The largest absolute Gasteiger partial charge is 0.472 e. The van der Waals surface area contributed by atoms with Crippen molar-refractivity contribution >= 4 is 39.5 Å². The fraction of sp³-hybridized carbons (Fsp3) is 0.944. The molecule has 0 fully saturated rings. The number of phosphoric acid groups is 2. The van der Waals surface area contributed by atoms with E-state index >= 15 is 0 Å². The summed E-state index contributed by atoms with van der Waals surface area (Å²) in [6.45, 7) is 9.55. The van der Waals surface area contributed by atoms with E-state index in [1.54, 1.807) is 0 Å². The number of ether oxygens (including phenoxy) is 4. The summed E-state index contributed by atoms with van der Waals surface area (Å²) >= 11 is 0. The summed E-state index contributed by atoms with van der Waals surface area (Å²) in [4.78, 5) is 72.5. The average Bonchev–Trinajstić information content (AvgIpc) is 3.71. The van der Waals surface area contributed by atoms with E-state index in [9.17, 15) is 43.2 Å². The maximum Gasteiger partial charge on any atom is 0.472 e. The van der Waals surface area contributed by atoms with Crippen LogP contribution in [0.2, 0.25) is 0 Å². The predicted octanol–water partition coefficient (Wildman–Crippen LogP) is 20.4. The maximum atomic E-state index is 13.0. The highest BCUT2D eigenvalue weighted by molar-refractivity contribution is 7.47. The Morgan fingerprint density at radius 1 is 0.300 bits per heavy atom. The number of carbonyl (C=O) groups excluding carboxylic acids is 4. The van der Waals surface area contributed by atoms with Gasteiger partial charge in [0.05, 0.1) is 26.4 Å². The lowest BCUT2D eigenvalue weighted by atomic mass is 10.0. The molecule has 17 nitrogen and oxygen atoms in total. The lowest BCUT2D eigenvalue weighted by Gasteiger charge is -2.21. The Morgan fingerprint density at radius 2 is 0.511 bits per heavy atom. The number of aliphatic hydroxyl groups is 1. The number of hydrogen-bond donors (Lipinski definition) is 3. The van der Waals surface area contributed by atoms with Crippen molar-refractivity contribution in [3.05, 3.63) is 0 Å². The molecular weight excluding hydrogens is 1190 g/mol. The van der Waals surface area contributed by atoms with Crippen LogP contribution in [-0.2, 0) is 65.4 Å². The van der Waals surface area contributed by atoms with Crippen LogP contribution in [0.1, 0.15) is 363 Å². The highest BCUT2D eigenvalue weighted by Crippen LogP contribution is 2.45. The van der Waals surface area contributed by atoms with Gasteiger partial charge in [0.2, 0.25) is 0 Å². The summed E-state index contributed by atoms with van der Waals surface area (Å²) in [6, 6.07) is 0. The monoisotopic (exact) mass is 1320 g/mol. The molecule has 3 N–H and O–H groups in total. The van der Waals surface area contributed by atoms with Gasteiger partial charge in [0.25, 0.3) is 0 Å². The fourth-order valence-electron chi connectivity index (χ4n) is 10.8. The summed E-state index contributed by atoms with van der Waals surface area (Å²) in [6.07, 6.45) is 48.5. The van der Waals surface area contributed by atoms with E-state index < -0.39 is 97.5 Å². The summed E-state index contributed by atoms with van der Waals surface area (Å²) < 4.78 is 68.3. The number of esters is 4. The maximum absolute atomic E-state index is 13.0. The Balaban J connectivity index is 5.23. The number of aliphatic hydroxyl groups excluding tert-OH is 1. The summed E-state index contributed by atoms with van der Waals surface area (Å²) in [5, 5.41) is 10.6. The Morgan fingerprint density at radius 3 is 0.756 bits per heavy atom. The van der Waals surface area contributed by atoms with Gasteiger partial charge in [-0.25, -0.2) is 9.13 Å². The Bertz CT molecular complexity index is 1750. The van der Waals surface area contributed by atoms with Gasteiger partial charge in [-0.2, -0.15) is 0 Å². The first-order valence-corrected chi connectivity index (χ1v) is 40.0. The lowest BCUT2D eigenvalue weighted by molar-refractivity contribution is -0.161. The number of unbranched alkanes of at least 4 members (excludes halogenated alkanes) is 40. The molecule has 0 rings (SSSR count). The van der Waals surface area contributed by atoms with E-state index in [2.05, 4.69) is 41.5 Å². The van der Waals surface area contributed by atoms with E-state index in [0.29, 0.717) is 25.7 Å². The molecular formula is C71H138O17P2. The molecule has 2 unspecified atom stereocenters. The number of rotatable bonds is 70. The Labute approximate surface area is 549 Å². The van der Waals surface area contributed by atoms with Crippen LogP contribution in [0.3, 0.4) is 0 Å². The van der Waals surface area contributed by atoms with Crippen molar-refractivity contribution in [2.45, 2.75) is 381 Å². The molecule has 0 bridgehead atoms. The fourth-order valence-corrected chi connectivity index (χ4v) is 12.3. The minimum absolute atomic E-state index is 0.107. The van der Waals surface area contributed by atoms with E-state index in [-0.39, 0.29) is 25.7 Å². The molecule has 0 heterocycles. The molecule has 0 aliphatic carbocycles. The first kappa shape index (κ1) is 88.1. The molecule has 0 aromatic rings. The second kappa shape index (κ2) is 63.1. The number of carbonyl (C=O) groups is 4. The van der Waals surface area contributed by atoms with Gasteiger partial charge in [0.1, 0.15) is 19.3 Å². The van der Waals surface area contributed by atoms with Gasteiger partial charge in [-0.3, -0.25) is 37.3 Å². The van der Waals surface area contributed by atoms with Crippen molar-refractivity contribution in [3.8, 4) is 0 Å². The van der Waals surface area contributed by atoms with Crippen LogP contribution in [0.15, 0.2) is 0 Å². The zero-order valence-electron chi connectivity index (χ0n) is 58.4. The van der Waals surface area contributed by atoms with Crippen LogP contribution in [0.4, 0.5) is 0 Å². The van der Waals surface area contributed by atoms with Gasteiger partial charge in [-0.05, 0) is 37.5 Å². The highest BCUT2D eigenvalue weighted by Gasteiger charge is 2.30. The van der Waals surface area contributed by atoms with Gasteiger partial charge < -0.3 is 33.8 Å². The topological polar surface area (TPSA) is 237 Å². The van der Waals surface area contributed by atoms with Crippen molar-refractivity contribution in [1.82, 2.24) is 0 Å².